The third kappa shape index (κ3) is 3.25. The van der Waals surface area contributed by atoms with Crippen LogP contribution in [0.1, 0.15) is 0 Å². The molecular formula is C26H24N6O2. The average molecular weight is 453 g/mol. The first-order chi connectivity index (χ1) is 16.7. The van der Waals surface area contributed by atoms with Crippen molar-refractivity contribution in [2.45, 2.75) is 6.04 Å². The first-order valence-electron chi connectivity index (χ1n) is 11.3. The number of piperazine rings is 1. The van der Waals surface area contributed by atoms with E-state index >= 15 is 0 Å². The highest BCUT2D eigenvalue weighted by molar-refractivity contribution is 6.00. The Morgan fingerprint density at radius 1 is 1.18 bits per heavy atom. The molecule has 2 aliphatic rings. The van der Waals surface area contributed by atoms with Crippen molar-refractivity contribution in [2.24, 2.45) is 0 Å². The van der Waals surface area contributed by atoms with Crippen LogP contribution < -0.4 is 14.4 Å². The number of hydrogen-bond acceptors (Lipinski definition) is 6. The Morgan fingerprint density at radius 3 is 2.94 bits per heavy atom. The van der Waals surface area contributed by atoms with Gasteiger partial charge in [0.15, 0.2) is 5.69 Å². The second-order valence-corrected chi connectivity index (χ2v) is 8.78. The topological polar surface area (TPSA) is 70.9 Å². The molecule has 1 atom stereocenters. The van der Waals surface area contributed by atoms with Crippen LogP contribution in [0.2, 0.25) is 0 Å². The molecule has 0 aliphatic carbocycles. The summed E-state index contributed by atoms with van der Waals surface area (Å²) in [5.41, 5.74) is 5.81. The van der Waals surface area contributed by atoms with E-state index in [9.17, 15) is 0 Å². The van der Waals surface area contributed by atoms with E-state index in [1.165, 1.54) is 0 Å². The summed E-state index contributed by atoms with van der Waals surface area (Å²) in [5.74, 6) is 1.56. The van der Waals surface area contributed by atoms with Gasteiger partial charge in [-0.25, -0.2) is 4.85 Å². The molecule has 0 spiro atoms. The van der Waals surface area contributed by atoms with E-state index in [0.29, 0.717) is 24.1 Å². The molecule has 2 aromatic heterocycles. The summed E-state index contributed by atoms with van der Waals surface area (Å²) in [6, 6.07) is 12.3. The number of pyridine rings is 1. The van der Waals surface area contributed by atoms with E-state index in [0.717, 1.165) is 64.4 Å². The summed E-state index contributed by atoms with van der Waals surface area (Å²) in [5, 5.41) is 8.64. The molecule has 170 valence electrons. The Hall–Kier alpha value is -4.09. The quantitative estimate of drug-likeness (QED) is 0.466. The largest absolute Gasteiger partial charge is 0.496 e. The van der Waals surface area contributed by atoms with Gasteiger partial charge in [-0.05, 0) is 36.9 Å². The SMILES string of the molecule is [C-]#[N+]c1cc2[nH]nc(-c3ccc4c(c3)OCC3CN(C)CCN43)c2cc1-c1cnccc1OC. The molecule has 0 amide bonds. The van der Waals surface area contributed by atoms with Crippen LogP contribution in [0.25, 0.3) is 38.1 Å². The summed E-state index contributed by atoms with van der Waals surface area (Å²) in [6.07, 6.45) is 3.41. The van der Waals surface area contributed by atoms with Crippen LogP contribution in [-0.4, -0.2) is 66.5 Å². The van der Waals surface area contributed by atoms with Crippen LogP contribution in [0.5, 0.6) is 11.5 Å². The molecule has 0 saturated carbocycles. The summed E-state index contributed by atoms with van der Waals surface area (Å²) in [6.45, 7) is 11.4. The van der Waals surface area contributed by atoms with Gasteiger partial charge in [0.1, 0.15) is 18.1 Å². The molecule has 1 unspecified atom stereocenters. The van der Waals surface area contributed by atoms with Gasteiger partial charge < -0.3 is 19.3 Å². The van der Waals surface area contributed by atoms with Gasteiger partial charge in [0, 0.05) is 48.5 Å². The van der Waals surface area contributed by atoms with Crippen molar-refractivity contribution < 1.29 is 9.47 Å². The monoisotopic (exact) mass is 452 g/mol. The van der Waals surface area contributed by atoms with Crippen molar-refractivity contribution in [3.63, 3.8) is 0 Å². The predicted molar refractivity (Wildman–Crippen MR) is 132 cm³/mol. The van der Waals surface area contributed by atoms with E-state index in [1.54, 1.807) is 25.6 Å². The molecule has 6 rings (SSSR count). The number of aromatic amines is 1. The Morgan fingerprint density at radius 2 is 2.09 bits per heavy atom. The number of benzene rings is 2. The Labute approximate surface area is 197 Å². The van der Waals surface area contributed by atoms with Crippen LogP contribution in [0.4, 0.5) is 11.4 Å². The molecule has 4 heterocycles. The fraction of sp³-hybridized carbons (Fsp3) is 0.269. The lowest BCUT2D eigenvalue weighted by Crippen LogP contribution is -2.56. The van der Waals surface area contributed by atoms with Crippen molar-refractivity contribution in [1.82, 2.24) is 20.1 Å². The Bertz CT molecular complexity index is 1440. The van der Waals surface area contributed by atoms with Gasteiger partial charge in [-0.3, -0.25) is 10.1 Å². The minimum Gasteiger partial charge on any atom is -0.496 e. The Kier molecular flexibility index (Phi) is 4.85. The van der Waals surface area contributed by atoms with Gasteiger partial charge in [0.25, 0.3) is 0 Å². The van der Waals surface area contributed by atoms with Crippen LogP contribution in [0.15, 0.2) is 48.8 Å². The highest BCUT2D eigenvalue weighted by Gasteiger charge is 2.32. The van der Waals surface area contributed by atoms with Gasteiger partial charge in [0.05, 0.1) is 36.6 Å². The van der Waals surface area contributed by atoms with Crippen molar-refractivity contribution >= 4 is 22.3 Å². The zero-order valence-electron chi connectivity index (χ0n) is 19.1. The highest BCUT2D eigenvalue weighted by Crippen LogP contribution is 2.42. The molecule has 1 fully saturated rings. The number of methoxy groups -OCH3 is 1. The number of likely N-dealkylation sites (N-methyl/N-ethyl adjacent to an activating group) is 1. The molecule has 0 bridgehead atoms. The van der Waals surface area contributed by atoms with Gasteiger partial charge >= 0.3 is 0 Å². The minimum atomic E-state index is 0.382. The maximum Gasteiger partial charge on any atom is 0.197 e. The van der Waals surface area contributed by atoms with E-state index in [4.69, 9.17) is 16.0 Å². The number of nitrogens with zero attached hydrogens (tertiary/aromatic N) is 5. The van der Waals surface area contributed by atoms with Crippen molar-refractivity contribution in [1.29, 1.82) is 0 Å². The second-order valence-electron chi connectivity index (χ2n) is 8.78. The van der Waals surface area contributed by atoms with Crippen LogP contribution in [0, 0.1) is 6.57 Å². The summed E-state index contributed by atoms with van der Waals surface area (Å²) in [4.78, 5) is 12.8. The smallest absolute Gasteiger partial charge is 0.197 e. The van der Waals surface area contributed by atoms with Crippen molar-refractivity contribution in [3.8, 4) is 33.9 Å². The van der Waals surface area contributed by atoms with Crippen LogP contribution in [-0.2, 0) is 0 Å². The standard InChI is InChI=1S/C26H24N6O2/c1-27-21-12-22-19(11-18(21)20-13-28-7-6-24(20)33-3)26(30-29-22)16-4-5-23-25(10-16)34-15-17-14-31(2)8-9-32(17)23/h4-7,10-13,17H,8-9,14-15H2,2-3H3,(H,29,30). The van der Waals surface area contributed by atoms with Gasteiger partial charge in [-0.2, -0.15) is 5.10 Å². The number of fused-ring (bicyclic) bond motifs is 4. The number of anilines is 1. The fourth-order valence-electron chi connectivity index (χ4n) is 5.01. The van der Waals surface area contributed by atoms with E-state index in [-0.39, 0.29) is 0 Å². The van der Waals surface area contributed by atoms with E-state index in [1.807, 2.05) is 12.1 Å². The summed E-state index contributed by atoms with van der Waals surface area (Å²) >= 11 is 0. The lowest BCUT2D eigenvalue weighted by atomic mass is 9.99. The minimum absolute atomic E-state index is 0.382. The average Bonchev–Trinajstić information content (AvgIpc) is 3.30. The second kappa shape index (κ2) is 8.04. The van der Waals surface area contributed by atoms with Gasteiger partial charge in [-0.1, -0.05) is 12.1 Å². The molecule has 2 aliphatic heterocycles. The maximum absolute atomic E-state index is 7.70. The number of hydrogen-bond donors (Lipinski definition) is 1. The third-order valence-electron chi connectivity index (χ3n) is 6.75. The number of nitrogens with one attached hydrogen (secondary N) is 1. The number of rotatable bonds is 3. The van der Waals surface area contributed by atoms with Gasteiger partial charge in [-0.15, -0.1) is 0 Å². The lowest BCUT2D eigenvalue weighted by Gasteiger charge is -2.44. The number of ether oxygens (including phenoxy) is 2. The first-order valence-corrected chi connectivity index (χ1v) is 11.3. The van der Waals surface area contributed by atoms with E-state index in [2.05, 4.69) is 55.1 Å². The zero-order valence-corrected chi connectivity index (χ0v) is 19.1. The fourth-order valence-corrected chi connectivity index (χ4v) is 5.01. The van der Waals surface area contributed by atoms with Crippen molar-refractivity contribution in [3.05, 3.63) is 60.2 Å². The summed E-state index contributed by atoms with van der Waals surface area (Å²) < 4.78 is 11.7. The van der Waals surface area contributed by atoms with E-state index < -0.39 is 0 Å². The van der Waals surface area contributed by atoms with Crippen LogP contribution in [0.3, 0.4) is 0 Å². The molecule has 34 heavy (non-hydrogen) atoms. The molecule has 0 radical (unpaired) electrons. The van der Waals surface area contributed by atoms with Gasteiger partial charge in [0.2, 0.25) is 0 Å². The van der Waals surface area contributed by atoms with Crippen molar-refractivity contribution in [2.75, 3.05) is 45.3 Å². The number of aromatic nitrogens is 3. The molecule has 2 aromatic carbocycles. The zero-order chi connectivity index (χ0) is 23.2. The van der Waals surface area contributed by atoms with Crippen LogP contribution >= 0.6 is 0 Å². The molecule has 4 aromatic rings. The molecule has 1 N–H and O–H groups in total. The molecule has 1 saturated heterocycles. The third-order valence-corrected chi connectivity index (χ3v) is 6.75. The normalized spacial score (nSPS) is 17.6. The predicted octanol–water partition coefficient (Wildman–Crippen LogP) is 4.36. The molecule has 8 nitrogen and oxygen atoms in total. The number of H-pyrrole nitrogens is 1. The lowest BCUT2D eigenvalue weighted by molar-refractivity contribution is 0.188. The Balaban J connectivity index is 1.45. The molecule has 8 heteroatoms. The first kappa shape index (κ1) is 20.5. The highest BCUT2D eigenvalue weighted by atomic mass is 16.5. The maximum atomic E-state index is 7.70. The summed E-state index contributed by atoms with van der Waals surface area (Å²) in [7, 11) is 3.78. The molecular weight excluding hydrogens is 428 g/mol.